The zero-order chi connectivity index (χ0) is 24.8. The zero-order valence-electron chi connectivity index (χ0n) is 18.9. The molecular formula is C27H23ClN4O3. The van der Waals surface area contributed by atoms with E-state index in [1.807, 2.05) is 43.3 Å². The maximum absolute atomic E-state index is 13.0. The van der Waals surface area contributed by atoms with Crippen molar-refractivity contribution in [3.8, 4) is 0 Å². The van der Waals surface area contributed by atoms with E-state index in [2.05, 4.69) is 16.0 Å². The second-order valence-electron chi connectivity index (χ2n) is 7.90. The molecule has 0 aliphatic carbocycles. The quantitative estimate of drug-likeness (QED) is 0.324. The van der Waals surface area contributed by atoms with Gasteiger partial charge in [0.15, 0.2) is 0 Å². The molecule has 0 aliphatic rings. The Hall–Kier alpha value is -4.36. The van der Waals surface area contributed by atoms with Crippen LogP contribution in [0, 0.1) is 6.92 Å². The zero-order valence-corrected chi connectivity index (χ0v) is 19.7. The number of nitrogens with one attached hydrogen (secondary N) is 3. The van der Waals surface area contributed by atoms with Crippen molar-refractivity contribution >= 4 is 40.6 Å². The molecule has 3 amide bonds. The van der Waals surface area contributed by atoms with E-state index in [9.17, 15) is 14.4 Å². The van der Waals surface area contributed by atoms with Gasteiger partial charge in [0, 0.05) is 34.3 Å². The summed E-state index contributed by atoms with van der Waals surface area (Å²) in [5.74, 6) is -0.383. The van der Waals surface area contributed by atoms with Crippen LogP contribution in [0.2, 0.25) is 5.02 Å². The first-order valence-electron chi connectivity index (χ1n) is 10.9. The number of urea groups is 1. The van der Waals surface area contributed by atoms with Crippen LogP contribution in [0.5, 0.6) is 0 Å². The number of halogens is 1. The van der Waals surface area contributed by atoms with Crippen LogP contribution in [-0.4, -0.2) is 16.5 Å². The van der Waals surface area contributed by atoms with Crippen molar-refractivity contribution < 1.29 is 9.59 Å². The molecule has 1 aromatic heterocycles. The molecule has 0 atom stereocenters. The fourth-order valence-corrected chi connectivity index (χ4v) is 3.64. The number of hydrogen-bond donors (Lipinski definition) is 3. The van der Waals surface area contributed by atoms with Crippen molar-refractivity contribution in [2.24, 2.45) is 0 Å². The Morgan fingerprint density at radius 3 is 2.31 bits per heavy atom. The summed E-state index contributed by atoms with van der Waals surface area (Å²) in [4.78, 5) is 37.6. The lowest BCUT2D eigenvalue weighted by Gasteiger charge is -2.13. The highest BCUT2D eigenvalue weighted by Crippen LogP contribution is 2.22. The molecule has 7 nitrogen and oxygen atoms in total. The molecule has 3 aromatic carbocycles. The minimum absolute atomic E-state index is 0.242. The third-order valence-corrected chi connectivity index (χ3v) is 5.69. The van der Waals surface area contributed by atoms with E-state index in [0.29, 0.717) is 27.6 Å². The van der Waals surface area contributed by atoms with E-state index in [0.717, 1.165) is 11.1 Å². The first-order chi connectivity index (χ1) is 16.9. The molecule has 0 saturated carbocycles. The third-order valence-electron chi connectivity index (χ3n) is 5.32. The Morgan fingerprint density at radius 2 is 1.54 bits per heavy atom. The van der Waals surface area contributed by atoms with Gasteiger partial charge < -0.3 is 20.5 Å². The SMILES string of the molecule is Cc1ccc(NC(=O)Nc2ccccc2)cc1NC(=O)c1ccc(=O)n(Cc2ccccc2Cl)c1. The normalized spacial score (nSPS) is 10.5. The van der Waals surface area contributed by atoms with Crippen LogP contribution in [0.4, 0.5) is 21.9 Å². The highest BCUT2D eigenvalue weighted by atomic mass is 35.5. The van der Waals surface area contributed by atoms with Crippen molar-refractivity contribution in [1.82, 2.24) is 4.57 Å². The first-order valence-corrected chi connectivity index (χ1v) is 11.3. The first kappa shape index (κ1) is 23.8. The highest BCUT2D eigenvalue weighted by molar-refractivity contribution is 6.31. The number of carbonyl (C=O) groups excluding carboxylic acids is 2. The van der Waals surface area contributed by atoms with E-state index in [1.54, 1.807) is 36.4 Å². The van der Waals surface area contributed by atoms with Gasteiger partial charge in [-0.25, -0.2) is 4.79 Å². The van der Waals surface area contributed by atoms with Crippen molar-refractivity contribution in [2.75, 3.05) is 16.0 Å². The molecule has 0 fully saturated rings. The minimum Gasteiger partial charge on any atom is -0.322 e. The fraction of sp³-hybridized carbons (Fsp3) is 0.0741. The summed E-state index contributed by atoms with van der Waals surface area (Å²) < 4.78 is 1.44. The smallest absolute Gasteiger partial charge is 0.322 e. The Morgan fingerprint density at radius 1 is 0.829 bits per heavy atom. The highest BCUT2D eigenvalue weighted by Gasteiger charge is 2.12. The number of para-hydroxylation sites is 1. The van der Waals surface area contributed by atoms with E-state index >= 15 is 0 Å². The standard InChI is InChI=1S/C27H23ClN4O3/c1-18-11-13-22(30-27(35)29-21-8-3-2-4-9-21)15-24(18)31-26(34)20-12-14-25(33)32(17-20)16-19-7-5-6-10-23(19)28/h2-15,17H,16H2,1H3,(H,31,34)(H2,29,30,35). The molecule has 0 bridgehead atoms. The minimum atomic E-state index is -0.399. The van der Waals surface area contributed by atoms with Gasteiger partial charge in [0.25, 0.3) is 11.5 Å². The number of pyridine rings is 1. The largest absolute Gasteiger partial charge is 0.323 e. The molecule has 4 aromatic rings. The van der Waals surface area contributed by atoms with Crippen LogP contribution in [0.15, 0.2) is 95.9 Å². The average Bonchev–Trinajstić information content (AvgIpc) is 2.84. The lowest BCUT2D eigenvalue weighted by atomic mass is 10.1. The summed E-state index contributed by atoms with van der Waals surface area (Å²) >= 11 is 6.22. The van der Waals surface area contributed by atoms with Gasteiger partial charge in [-0.2, -0.15) is 0 Å². The van der Waals surface area contributed by atoms with Crippen LogP contribution in [0.3, 0.4) is 0 Å². The van der Waals surface area contributed by atoms with E-state index in [-0.39, 0.29) is 18.0 Å². The molecule has 0 radical (unpaired) electrons. The molecule has 176 valence electrons. The van der Waals surface area contributed by atoms with Gasteiger partial charge in [-0.05, 0) is 54.4 Å². The molecule has 35 heavy (non-hydrogen) atoms. The van der Waals surface area contributed by atoms with Gasteiger partial charge in [0.1, 0.15) is 0 Å². The topological polar surface area (TPSA) is 92.2 Å². The van der Waals surface area contributed by atoms with Crippen LogP contribution in [-0.2, 0) is 6.54 Å². The Kier molecular flexibility index (Phi) is 7.28. The Balaban J connectivity index is 1.48. The summed E-state index contributed by atoms with van der Waals surface area (Å²) in [5, 5.41) is 8.91. The predicted molar refractivity (Wildman–Crippen MR) is 139 cm³/mol. The summed E-state index contributed by atoms with van der Waals surface area (Å²) in [6, 6.07) is 24.0. The summed E-state index contributed by atoms with van der Waals surface area (Å²) in [6.45, 7) is 2.09. The van der Waals surface area contributed by atoms with Gasteiger partial charge in [-0.15, -0.1) is 0 Å². The average molecular weight is 487 g/mol. The molecule has 8 heteroatoms. The number of nitrogens with zero attached hydrogens (tertiary/aromatic N) is 1. The van der Waals surface area contributed by atoms with Crippen LogP contribution < -0.4 is 21.5 Å². The van der Waals surface area contributed by atoms with Crippen molar-refractivity contribution in [3.05, 3.63) is 123 Å². The number of hydrogen-bond acceptors (Lipinski definition) is 3. The Labute approximate surface area is 207 Å². The molecule has 0 unspecified atom stereocenters. The van der Waals surface area contributed by atoms with Crippen molar-refractivity contribution in [1.29, 1.82) is 0 Å². The Bertz CT molecular complexity index is 1430. The number of anilines is 3. The van der Waals surface area contributed by atoms with Gasteiger partial charge >= 0.3 is 6.03 Å². The fourth-order valence-electron chi connectivity index (χ4n) is 3.44. The monoisotopic (exact) mass is 486 g/mol. The molecule has 4 rings (SSSR count). The molecule has 0 aliphatic heterocycles. The molecule has 1 heterocycles. The lowest BCUT2D eigenvalue weighted by Crippen LogP contribution is -2.23. The number of carbonyl (C=O) groups is 2. The maximum Gasteiger partial charge on any atom is 0.323 e. The van der Waals surface area contributed by atoms with Crippen LogP contribution in [0.1, 0.15) is 21.5 Å². The van der Waals surface area contributed by atoms with Gasteiger partial charge in [-0.3, -0.25) is 9.59 Å². The molecule has 0 spiro atoms. The maximum atomic E-state index is 13.0. The van der Waals surface area contributed by atoms with Gasteiger partial charge in [0.05, 0.1) is 12.1 Å². The van der Waals surface area contributed by atoms with E-state index in [4.69, 9.17) is 11.6 Å². The second-order valence-corrected chi connectivity index (χ2v) is 8.31. The van der Waals surface area contributed by atoms with E-state index < -0.39 is 6.03 Å². The summed E-state index contributed by atoms with van der Waals surface area (Å²) in [5.41, 5.74) is 3.38. The number of benzene rings is 3. The summed E-state index contributed by atoms with van der Waals surface area (Å²) in [6.07, 6.45) is 1.51. The van der Waals surface area contributed by atoms with Crippen LogP contribution in [0.25, 0.3) is 0 Å². The number of amides is 3. The molecule has 0 saturated heterocycles. The lowest BCUT2D eigenvalue weighted by molar-refractivity contribution is 0.102. The number of rotatable bonds is 6. The molecular weight excluding hydrogens is 464 g/mol. The summed E-state index contributed by atoms with van der Waals surface area (Å²) in [7, 11) is 0. The van der Waals surface area contributed by atoms with E-state index in [1.165, 1.54) is 22.9 Å². The van der Waals surface area contributed by atoms with Gasteiger partial charge in [0.2, 0.25) is 0 Å². The number of aryl methyl sites for hydroxylation is 1. The van der Waals surface area contributed by atoms with Crippen LogP contribution >= 0.6 is 11.6 Å². The molecule has 3 N–H and O–H groups in total. The number of aromatic nitrogens is 1. The third kappa shape index (κ3) is 6.16. The van der Waals surface area contributed by atoms with Gasteiger partial charge in [-0.1, -0.05) is 54.1 Å². The van der Waals surface area contributed by atoms with Crippen molar-refractivity contribution in [2.45, 2.75) is 13.5 Å². The van der Waals surface area contributed by atoms with Crippen molar-refractivity contribution in [3.63, 3.8) is 0 Å². The predicted octanol–water partition coefficient (Wildman–Crippen LogP) is 5.75. The second kappa shape index (κ2) is 10.7.